The third-order valence-electron chi connectivity index (χ3n) is 3.59. The topological polar surface area (TPSA) is 78.5 Å². The zero-order valence-corrected chi connectivity index (χ0v) is 14.1. The lowest BCUT2D eigenvalue weighted by molar-refractivity contribution is -0.131. The molecule has 1 heterocycles. The van der Waals surface area contributed by atoms with Gasteiger partial charge in [-0.1, -0.05) is 31.5 Å². The molecule has 1 aromatic rings. The molecule has 2 N–H and O–H groups in total. The molecule has 1 unspecified atom stereocenters. The molecule has 1 saturated heterocycles. The van der Waals surface area contributed by atoms with E-state index in [1.54, 1.807) is 18.2 Å². The maximum absolute atomic E-state index is 12.2. The van der Waals surface area contributed by atoms with Crippen LogP contribution in [-0.4, -0.2) is 35.3 Å². The van der Waals surface area contributed by atoms with E-state index in [0.717, 1.165) is 10.5 Å². The second kappa shape index (κ2) is 7.00. The molecule has 4 amide bonds. The van der Waals surface area contributed by atoms with Gasteiger partial charge in [-0.2, -0.15) is 0 Å². The molecule has 0 bridgehead atoms. The molecule has 0 saturated carbocycles. The second-order valence-electron chi connectivity index (χ2n) is 6.06. The number of rotatable bonds is 5. The summed E-state index contributed by atoms with van der Waals surface area (Å²) in [6.07, 6.45) is 0.552. The SMILES string of the molecule is Cc1ccc(Cl)cc1NC(=O)CN1C(=O)NC(CC(C)C)C1=O. The van der Waals surface area contributed by atoms with Crippen molar-refractivity contribution in [1.29, 1.82) is 0 Å². The summed E-state index contributed by atoms with van der Waals surface area (Å²) in [5.74, 6) is -0.530. The number of hydrogen-bond acceptors (Lipinski definition) is 3. The number of amides is 4. The summed E-state index contributed by atoms with van der Waals surface area (Å²) in [7, 11) is 0. The fourth-order valence-electron chi connectivity index (χ4n) is 2.42. The van der Waals surface area contributed by atoms with Crippen LogP contribution in [0.15, 0.2) is 18.2 Å². The number of nitrogens with one attached hydrogen (secondary N) is 2. The van der Waals surface area contributed by atoms with Crippen molar-refractivity contribution in [3.05, 3.63) is 28.8 Å². The number of nitrogens with zero attached hydrogens (tertiary/aromatic N) is 1. The molecule has 1 fully saturated rings. The number of carbonyl (C=O) groups excluding carboxylic acids is 3. The van der Waals surface area contributed by atoms with Crippen molar-refractivity contribution in [1.82, 2.24) is 10.2 Å². The highest BCUT2D eigenvalue weighted by Gasteiger charge is 2.38. The minimum atomic E-state index is -0.553. The van der Waals surface area contributed by atoms with Gasteiger partial charge in [-0.3, -0.25) is 14.5 Å². The Morgan fingerprint density at radius 1 is 1.39 bits per heavy atom. The largest absolute Gasteiger partial charge is 0.326 e. The van der Waals surface area contributed by atoms with E-state index in [1.165, 1.54) is 0 Å². The fraction of sp³-hybridized carbons (Fsp3) is 0.438. The Hall–Kier alpha value is -2.08. The van der Waals surface area contributed by atoms with Gasteiger partial charge in [0.15, 0.2) is 0 Å². The first-order valence-corrected chi connectivity index (χ1v) is 7.83. The van der Waals surface area contributed by atoms with Gasteiger partial charge in [0.05, 0.1) is 0 Å². The Kier molecular flexibility index (Phi) is 5.26. The first-order valence-electron chi connectivity index (χ1n) is 7.45. The van der Waals surface area contributed by atoms with Gasteiger partial charge in [-0.15, -0.1) is 0 Å². The predicted octanol–water partition coefficient (Wildman–Crippen LogP) is 2.55. The van der Waals surface area contributed by atoms with E-state index in [1.807, 2.05) is 20.8 Å². The number of carbonyl (C=O) groups is 3. The van der Waals surface area contributed by atoms with Crippen molar-refractivity contribution in [3.63, 3.8) is 0 Å². The molecule has 23 heavy (non-hydrogen) atoms. The van der Waals surface area contributed by atoms with Crippen molar-refractivity contribution >= 4 is 35.1 Å². The molecule has 124 valence electrons. The Balaban J connectivity index is 2.01. The van der Waals surface area contributed by atoms with Crippen LogP contribution < -0.4 is 10.6 Å². The molecule has 2 rings (SSSR count). The summed E-state index contributed by atoms with van der Waals surface area (Å²) in [4.78, 5) is 37.2. The van der Waals surface area contributed by atoms with Gasteiger partial charge in [0.2, 0.25) is 5.91 Å². The highest BCUT2D eigenvalue weighted by atomic mass is 35.5. The molecule has 7 heteroatoms. The van der Waals surface area contributed by atoms with E-state index in [4.69, 9.17) is 11.6 Å². The van der Waals surface area contributed by atoms with Gasteiger partial charge < -0.3 is 10.6 Å². The average Bonchev–Trinajstić information content (AvgIpc) is 2.70. The number of halogens is 1. The summed E-state index contributed by atoms with van der Waals surface area (Å²) >= 11 is 5.90. The molecule has 0 aliphatic carbocycles. The molecule has 0 aromatic heterocycles. The molecular weight excluding hydrogens is 318 g/mol. The van der Waals surface area contributed by atoms with Crippen LogP contribution in [-0.2, 0) is 9.59 Å². The van der Waals surface area contributed by atoms with Crippen molar-refractivity contribution in [3.8, 4) is 0 Å². The predicted molar refractivity (Wildman–Crippen MR) is 88.3 cm³/mol. The van der Waals surface area contributed by atoms with E-state index in [9.17, 15) is 14.4 Å². The number of benzene rings is 1. The number of urea groups is 1. The fourth-order valence-corrected chi connectivity index (χ4v) is 2.59. The summed E-state index contributed by atoms with van der Waals surface area (Å²) in [6, 6.07) is 4.05. The minimum Gasteiger partial charge on any atom is -0.326 e. The van der Waals surface area contributed by atoms with Gasteiger partial charge >= 0.3 is 6.03 Å². The first-order chi connectivity index (χ1) is 10.8. The summed E-state index contributed by atoms with van der Waals surface area (Å²) in [5, 5.41) is 5.79. The number of anilines is 1. The Morgan fingerprint density at radius 2 is 2.09 bits per heavy atom. The summed E-state index contributed by atoms with van der Waals surface area (Å²) in [5.41, 5.74) is 1.41. The second-order valence-corrected chi connectivity index (χ2v) is 6.50. The average molecular weight is 338 g/mol. The van der Waals surface area contributed by atoms with Gasteiger partial charge in [0.25, 0.3) is 5.91 Å². The Bertz CT molecular complexity index is 645. The number of hydrogen-bond donors (Lipinski definition) is 2. The molecule has 1 aliphatic rings. The highest BCUT2D eigenvalue weighted by molar-refractivity contribution is 6.31. The van der Waals surface area contributed by atoms with E-state index in [2.05, 4.69) is 10.6 Å². The zero-order chi connectivity index (χ0) is 17.1. The lowest BCUT2D eigenvalue weighted by Gasteiger charge is -2.14. The maximum Gasteiger partial charge on any atom is 0.325 e. The maximum atomic E-state index is 12.2. The molecule has 0 radical (unpaired) electrons. The number of imide groups is 1. The highest BCUT2D eigenvalue weighted by Crippen LogP contribution is 2.20. The minimum absolute atomic E-state index is 0.270. The van der Waals surface area contributed by atoms with Crippen LogP contribution >= 0.6 is 11.6 Å². The van der Waals surface area contributed by atoms with Crippen LogP contribution in [0.1, 0.15) is 25.8 Å². The first kappa shape index (κ1) is 17.3. The normalized spacial score (nSPS) is 17.6. The van der Waals surface area contributed by atoms with Crippen LogP contribution in [0.2, 0.25) is 5.02 Å². The van der Waals surface area contributed by atoms with E-state index < -0.39 is 18.0 Å². The standard InChI is InChI=1S/C16H20ClN3O3/c1-9(2)6-13-15(22)20(16(23)19-13)8-14(21)18-12-7-11(17)5-4-10(12)3/h4-5,7,9,13H,6,8H2,1-3H3,(H,18,21)(H,19,23). The monoisotopic (exact) mass is 337 g/mol. The van der Waals surface area contributed by atoms with Crippen LogP contribution in [0.5, 0.6) is 0 Å². The third kappa shape index (κ3) is 4.22. The van der Waals surface area contributed by atoms with Gasteiger partial charge in [0, 0.05) is 10.7 Å². The lowest BCUT2D eigenvalue weighted by atomic mass is 10.0. The molecule has 6 nitrogen and oxygen atoms in total. The van der Waals surface area contributed by atoms with Crippen LogP contribution in [0.4, 0.5) is 10.5 Å². The molecule has 1 aliphatic heterocycles. The van der Waals surface area contributed by atoms with E-state index >= 15 is 0 Å². The van der Waals surface area contributed by atoms with Gasteiger partial charge in [-0.05, 0) is 37.0 Å². The van der Waals surface area contributed by atoms with Crippen molar-refractivity contribution in [2.24, 2.45) is 5.92 Å². The zero-order valence-electron chi connectivity index (χ0n) is 13.4. The van der Waals surface area contributed by atoms with Crippen LogP contribution in [0.3, 0.4) is 0 Å². The Morgan fingerprint density at radius 3 is 2.74 bits per heavy atom. The van der Waals surface area contributed by atoms with Gasteiger partial charge in [0.1, 0.15) is 12.6 Å². The van der Waals surface area contributed by atoms with E-state index in [-0.39, 0.29) is 18.4 Å². The van der Waals surface area contributed by atoms with E-state index in [0.29, 0.717) is 17.1 Å². The summed E-state index contributed by atoms with van der Waals surface area (Å²) < 4.78 is 0. The summed E-state index contributed by atoms with van der Waals surface area (Å²) in [6.45, 7) is 5.46. The number of aryl methyl sites for hydroxylation is 1. The molecule has 1 atom stereocenters. The molecular formula is C16H20ClN3O3. The molecule has 0 spiro atoms. The van der Waals surface area contributed by atoms with Crippen molar-refractivity contribution < 1.29 is 14.4 Å². The lowest BCUT2D eigenvalue weighted by Crippen LogP contribution is -2.38. The van der Waals surface area contributed by atoms with Crippen LogP contribution in [0, 0.1) is 12.8 Å². The molecule has 1 aromatic carbocycles. The third-order valence-corrected chi connectivity index (χ3v) is 3.82. The van der Waals surface area contributed by atoms with Crippen LogP contribution in [0.25, 0.3) is 0 Å². The smallest absolute Gasteiger partial charge is 0.325 e. The quantitative estimate of drug-likeness (QED) is 0.810. The van der Waals surface area contributed by atoms with Gasteiger partial charge in [-0.25, -0.2) is 4.79 Å². The Labute approximate surface area is 140 Å². The van der Waals surface area contributed by atoms with Crippen molar-refractivity contribution in [2.75, 3.05) is 11.9 Å². The van der Waals surface area contributed by atoms with Crippen molar-refractivity contribution in [2.45, 2.75) is 33.2 Å².